The number of ether oxygens (including phenoxy) is 1. The largest absolute Gasteiger partial charge is 0.389 e. The number of fused-ring (bicyclic) bond motifs is 1. The molecule has 2 aromatic rings. The molecule has 0 aliphatic carbocycles. The van der Waals surface area contributed by atoms with E-state index in [9.17, 15) is 9.90 Å². The maximum absolute atomic E-state index is 12.3. The highest BCUT2D eigenvalue weighted by Crippen LogP contribution is 2.22. The predicted octanol–water partition coefficient (Wildman–Crippen LogP) is 1.48. The molecule has 1 unspecified atom stereocenters. The van der Waals surface area contributed by atoms with Crippen LogP contribution >= 0.6 is 0 Å². The second kappa shape index (κ2) is 6.74. The van der Waals surface area contributed by atoms with Crippen molar-refractivity contribution in [2.24, 2.45) is 0 Å². The van der Waals surface area contributed by atoms with Gasteiger partial charge in [-0.25, -0.2) is 0 Å². The number of nitrogens with one attached hydrogen (secondary N) is 1. The number of hydrogen-bond acceptors (Lipinski definition) is 3. The summed E-state index contributed by atoms with van der Waals surface area (Å²) in [4.78, 5) is 17.1. The van der Waals surface area contributed by atoms with Crippen molar-refractivity contribution in [2.75, 3.05) is 27.3 Å². The molecule has 0 spiro atoms. The maximum Gasteiger partial charge on any atom is 0.226 e. The number of aliphatic hydroxyl groups is 1. The number of hydrogen-bond donors (Lipinski definition) is 2. The van der Waals surface area contributed by atoms with E-state index < -0.39 is 6.10 Å². The number of H-pyrrole nitrogens is 1. The Morgan fingerprint density at radius 2 is 2.14 bits per heavy atom. The third-order valence-electron chi connectivity index (χ3n) is 3.62. The van der Waals surface area contributed by atoms with Gasteiger partial charge in [-0.1, -0.05) is 18.2 Å². The zero-order valence-corrected chi connectivity index (χ0v) is 12.7. The van der Waals surface area contributed by atoms with Gasteiger partial charge in [0.25, 0.3) is 0 Å². The number of aromatic nitrogens is 1. The first kappa shape index (κ1) is 15.5. The first-order valence-electron chi connectivity index (χ1n) is 7.00. The number of aryl methyl sites for hydroxylation is 1. The number of nitrogens with zero attached hydrogens (tertiary/aromatic N) is 1. The van der Waals surface area contributed by atoms with Gasteiger partial charge < -0.3 is 19.7 Å². The van der Waals surface area contributed by atoms with Crippen molar-refractivity contribution in [2.45, 2.75) is 19.4 Å². The van der Waals surface area contributed by atoms with Crippen LogP contribution in [0.1, 0.15) is 11.3 Å². The van der Waals surface area contributed by atoms with Gasteiger partial charge in [0.1, 0.15) is 0 Å². The molecule has 0 radical (unpaired) electrons. The lowest BCUT2D eigenvalue weighted by atomic mass is 10.1. The van der Waals surface area contributed by atoms with Crippen molar-refractivity contribution in [3.63, 3.8) is 0 Å². The summed E-state index contributed by atoms with van der Waals surface area (Å²) in [5, 5.41) is 10.8. The lowest BCUT2D eigenvalue weighted by Crippen LogP contribution is -2.37. The minimum Gasteiger partial charge on any atom is -0.389 e. The molecule has 0 saturated heterocycles. The van der Waals surface area contributed by atoms with E-state index >= 15 is 0 Å². The SMILES string of the molecule is COCC(O)CN(C)C(=O)Cc1c(C)[nH]c2ccccc12. The van der Waals surface area contributed by atoms with Gasteiger partial charge in [-0.05, 0) is 18.6 Å². The molecule has 2 rings (SSSR count). The van der Waals surface area contributed by atoms with Crippen LogP contribution in [0.4, 0.5) is 0 Å². The summed E-state index contributed by atoms with van der Waals surface area (Å²) in [5.41, 5.74) is 3.07. The Hall–Kier alpha value is -1.85. The van der Waals surface area contributed by atoms with E-state index in [1.165, 1.54) is 7.11 Å². The number of likely N-dealkylation sites (N-methyl/N-ethyl adjacent to an activating group) is 1. The van der Waals surface area contributed by atoms with E-state index in [1.807, 2.05) is 31.2 Å². The summed E-state index contributed by atoms with van der Waals surface area (Å²) >= 11 is 0. The third kappa shape index (κ3) is 3.62. The van der Waals surface area contributed by atoms with E-state index in [-0.39, 0.29) is 19.1 Å². The molecule has 0 aliphatic rings. The Balaban J connectivity index is 2.09. The zero-order valence-electron chi connectivity index (χ0n) is 12.7. The molecular weight excluding hydrogens is 268 g/mol. The lowest BCUT2D eigenvalue weighted by Gasteiger charge is -2.20. The molecule has 5 heteroatoms. The highest BCUT2D eigenvalue weighted by atomic mass is 16.5. The summed E-state index contributed by atoms with van der Waals surface area (Å²) in [6, 6.07) is 7.95. The second-order valence-corrected chi connectivity index (χ2v) is 5.33. The summed E-state index contributed by atoms with van der Waals surface area (Å²) < 4.78 is 4.87. The smallest absolute Gasteiger partial charge is 0.226 e. The van der Waals surface area contributed by atoms with Crippen LogP contribution in [0.5, 0.6) is 0 Å². The molecule has 114 valence electrons. The average Bonchev–Trinajstić information content (AvgIpc) is 2.75. The van der Waals surface area contributed by atoms with E-state index in [1.54, 1.807) is 11.9 Å². The highest BCUT2D eigenvalue weighted by Gasteiger charge is 2.17. The number of carbonyl (C=O) groups excluding carboxylic acids is 1. The second-order valence-electron chi connectivity index (χ2n) is 5.33. The fourth-order valence-electron chi connectivity index (χ4n) is 2.51. The van der Waals surface area contributed by atoms with Gasteiger partial charge in [0.2, 0.25) is 5.91 Å². The van der Waals surface area contributed by atoms with E-state index in [0.717, 1.165) is 22.2 Å². The number of aromatic amines is 1. The number of para-hydroxylation sites is 1. The van der Waals surface area contributed by atoms with Gasteiger partial charge >= 0.3 is 0 Å². The Morgan fingerprint density at radius 1 is 1.43 bits per heavy atom. The fraction of sp³-hybridized carbons (Fsp3) is 0.438. The Kier molecular flexibility index (Phi) is 4.98. The van der Waals surface area contributed by atoms with Crippen LogP contribution in [0.3, 0.4) is 0 Å². The molecular formula is C16H22N2O3. The number of aliphatic hydroxyl groups excluding tert-OH is 1. The van der Waals surface area contributed by atoms with E-state index in [0.29, 0.717) is 6.42 Å². The number of carbonyl (C=O) groups is 1. The van der Waals surface area contributed by atoms with Crippen LogP contribution < -0.4 is 0 Å². The number of methoxy groups -OCH3 is 1. The van der Waals surface area contributed by atoms with Crippen LogP contribution in [-0.2, 0) is 16.0 Å². The summed E-state index contributed by atoms with van der Waals surface area (Å²) in [5.74, 6) is -0.0157. The molecule has 1 aromatic carbocycles. The van der Waals surface area contributed by atoms with Crippen molar-refractivity contribution in [1.29, 1.82) is 0 Å². The molecule has 21 heavy (non-hydrogen) atoms. The minimum absolute atomic E-state index is 0.0157. The summed E-state index contributed by atoms with van der Waals surface area (Å²) in [6.07, 6.45) is -0.334. The van der Waals surface area contributed by atoms with E-state index in [4.69, 9.17) is 4.74 Å². The molecule has 0 fully saturated rings. The van der Waals surface area contributed by atoms with Crippen LogP contribution in [-0.4, -0.2) is 54.3 Å². The van der Waals surface area contributed by atoms with Crippen LogP contribution in [0.15, 0.2) is 24.3 Å². The van der Waals surface area contributed by atoms with Crippen LogP contribution in [0.25, 0.3) is 10.9 Å². The Bertz CT molecular complexity index is 621. The molecule has 1 heterocycles. The maximum atomic E-state index is 12.3. The van der Waals surface area contributed by atoms with Crippen molar-refractivity contribution in [3.8, 4) is 0 Å². The fourth-order valence-corrected chi connectivity index (χ4v) is 2.51. The standard InChI is InChI=1S/C16H22N2O3/c1-11-14(13-6-4-5-7-15(13)17-11)8-16(20)18(2)9-12(19)10-21-3/h4-7,12,17,19H,8-10H2,1-3H3. The van der Waals surface area contributed by atoms with E-state index in [2.05, 4.69) is 4.98 Å². The number of amides is 1. The Labute approximate surface area is 124 Å². The van der Waals surface area contributed by atoms with Gasteiger partial charge in [-0.3, -0.25) is 4.79 Å². The van der Waals surface area contributed by atoms with Crippen molar-refractivity contribution >= 4 is 16.8 Å². The van der Waals surface area contributed by atoms with Gasteiger partial charge in [-0.2, -0.15) is 0 Å². The third-order valence-corrected chi connectivity index (χ3v) is 3.62. The first-order chi connectivity index (χ1) is 10.0. The first-order valence-corrected chi connectivity index (χ1v) is 7.00. The molecule has 0 saturated carbocycles. The quantitative estimate of drug-likeness (QED) is 0.847. The van der Waals surface area contributed by atoms with Crippen LogP contribution in [0, 0.1) is 6.92 Å². The van der Waals surface area contributed by atoms with Gasteiger partial charge in [0.15, 0.2) is 0 Å². The minimum atomic E-state index is -0.659. The van der Waals surface area contributed by atoms with Gasteiger partial charge in [0.05, 0.1) is 19.1 Å². The summed E-state index contributed by atoms with van der Waals surface area (Å²) in [7, 11) is 3.23. The van der Waals surface area contributed by atoms with Gasteiger partial charge in [-0.15, -0.1) is 0 Å². The number of rotatable bonds is 6. The average molecular weight is 290 g/mol. The Morgan fingerprint density at radius 3 is 2.86 bits per heavy atom. The van der Waals surface area contributed by atoms with Crippen molar-refractivity contribution < 1.29 is 14.6 Å². The monoisotopic (exact) mass is 290 g/mol. The lowest BCUT2D eigenvalue weighted by molar-refractivity contribution is -0.130. The molecule has 1 aromatic heterocycles. The molecule has 1 atom stereocenters. The molecule has 0 aliphatic heterocycles. The van der Waals surface area contributed by atoms with Crippen LogP contribution in [0.2, 0.25) is 0 Å². The normalized spacial score (nSPS) is 12.6. The van der Waals surface area contributed by atoms with Crippen molar-refractivity contribution in [1.82, 2.24) is 9.88 Å². The molecule has 2 N–H and O–H groups in total. The van der Waals surface area contributed by atoms with Gasteiger partial charge in [0, 0.05) is 37.3 Å². The highest BCUT2D eigenvalue weighted by molar-refractivity contribution is 5.90. The summed E-state index contributed by atoms with van der Waals surface area (Å²) in [6.45, 7) is 2.47. The zero-order chi connectivity index (χ0) is 15.4. The molecule has 5 nitrogen and oxygen atoms in total. The van der Waals surface area contributed by atoms with Crippen molar-refractivity contribution in [3.05, 3.63) is 35.5 Å². The molecule has 1 amide bonds. The predicted molar refractivity (Wildman–Crippen MR) is 82.3 cm³/mol. The molecule has 0 bridgehead atoms. The topological polar surface area (TPSA) is 65.6 Å². The number of benzene rings is 1.